The van der Waals surface area contributed by atoms with E-state index in [2.05, 4.69) is 21.2 Å². The van der Waals surface area contributed by atoms with Gasteiger partial charge in [-0.25, -0.2) is 0 Å². The molecule has 3 nitrogen and oxygen atoms in total. The lowest BCUT2D eigenvalue weighted by Gasteiger charge is -2.33. The highest BCUT2D eigenvalue weighted by atomic mass is 79.9. The van der Waals surface area contributed by atoms with Crippen molar-refractivity contribution in [2.24, 2.45) is 5.73 Å². The van der Waals surface area contributed by atoms with Crippen LogP contribution in [-0.2, 0) is 4.74 Å². The molecule has 0 bridgehead atoms. The molecule has 0 aromatic heterocycles. The number of halogens is 2. The van der Waals surface area contributed by atoms with Crippen LogP contribution in [0.25, 0.3) is 0 Å². The van der Waals surface area contributed by atoms with Gasteiger partial charge >= 0.3 is 0 Å². The Kier molecular flexibility index (Phi) is 3.98. The van der Waals surface area contributed by atoms with Crippen LogP contribution in [0.3, 0.4) is 0 Å². The molecule has 1 aliphatic heterocycles. The van der Waals surface area contributed by atoms with Gasteiger partial charge in [0.1, 0.15) is 0 Å². The molecule has 1 heterocycles. The van der Waals surface area contributed by atoms with Crippen molar-refractivity contribution < 1.29 is 4.74 Å². The molecule has 2 unspecified atom stereocenters. The van der Waals surface area contributed by atoms with E-state index in [1.54, 1.807) is 0 Å². The Bertz CT molecular complexity index is 415. The van der Waals surface area contributed by atoms with Crippen LogP contribution in [0.15, 0.2) is 22.7 Å². The fourth-order valence-corrected chi connectivity index (χ4v) is 2.55. The highest BCUT2D eigenvalue weighted by Crippen LogP contribution is 2.32. The summed E-state index contributed by atoms with van der Waals surface area (Å²) in [7, 11) is 0. The Labute approximate surface area is 115 Å². The molecule has 0 radical (unpaired) electrons. The maximum Gasteiger partial charge on any atom is 0.0789 e. The molecule has 0 spiro atoms. The van der Waals surface area contributed by atoms with Gasteiger partial charge in [-0.15, -0.1) is 0 Å². The predicted molar refractivity (Wildman–Crippen MR) is 74.6 cm³/mol. The second-order valence-electron chi connectivity index (χ2n) is 4.38. The number of rotatable bonds is 3. The number of anilines is 1. The molecule has 0 amide bonds. The molecule has 1 aromatic carbocycles. The Hall–Kier alpha value is -0.290. The third-order valence-electron chi connectivity index (χ3n) is 3.37. The van der Waals surface area contributed by atoms with Crippen molar-refractivity contribution in [2.75, 3.05) is 18.5 Å². The molecule has 17 heavy (non-hydrogen) atoms. The van der Waals surface area contributed by atoms with Crippen LogP contribution in [0.1, 0.15) is 13.3 Å². The monoisotopic (exact) mass is 318 g/mol. The van der Waals surface area contributed by atoms with Crippen LogP contribution < -0.4 is 11.1 Å². The quantitative estimate of drug-likeness (QED) is 0.900. The van der Waals surface area contributed by atoms with E-state index in [0.29, 0.717) is 11.6 Å². The summed E-state index contributed by atoms with van der Waals surface area (Å²) in [6.45, 7) is 3.34. The summed E-state index contributed by atoms with van der Waals surface area (Å²) in [4.78, 5) is 0. The Balaban J connectivity index is 2.21. The fourth-order valence-electron chi connectivity index (χ4n) is 2.13. The number of nitrogens with two attached hydrogens (primary N) is 1. The summed E-state index contributed by atoms with van der Waals surface area (Å²) in [5.74, 6) is 0. The smallest absolute Gasteiger partial charge is 0.0789 e. The van der Waals surface area contributed by atoms with E-state index in [0.717, 1.165) is 23.2 Å². The standard InChI is InChI=1S/C12H16BrClN2O/c1-8-12(7-15,4-5-17-8)16-9-2-3-10(13)11(14)6-9/h2-3,6,8,16H,4-5,7,15H2,1H3. The van der Waals surface area contributed by atoms with Crippen LogP contribution in [0.2, 0.25) is 5.02 Å². The topological polar surface area (TPSA) is 47.3 Å². The van der Waals surface area contributed by atoms with Crippen molar-refractivity contribution in [2.45, 2.75) is 25.0 Å². The van der Waals surface area contributed by atoms with Gasteiger partial charge in [0.05, 0.1) is 16.7 Å². The van der Waals surface area contributed by atoms with Crippen LogP contribution >= 0.6 is 27.5 Å². The maximum atomic E-state index is 6.07. The lowest BCUT2D eigenvalue weighted by Crippen LogP contribution is -2.50. The molecular weight excluding hydrogens is 304 g/mol. The van der Waals surface area contributed by atoms with Crippen molar-refractivity contribution in [3.8, 4) is 0 Å². The van der Waals surface area contributed by atoms with Crippen LogP contribution in [0, 0.1) is 0 Å². The zero-order chi connectivity index (χ0) is 12.5. The SMILES string of the molecule is CC1OCCC1(CN)Nc1ccc(Br)c(Cl)c1. The van der Waals surface area contributed by atoms with E-state index < -0.39 is 0 Å². The zero-order valence-corrected chi connectivity index (χ0v) is 12.0. The van der Waals surface area contributed by atoms with Gasteiger partial charge < -0.3 is 15.8 Å². The first-order valence-corrected chi connectivity index (χ1v) is 6.79. The zero-order valence-electron chi connectivity index (χ0n) is 9.67. The number of hydrogen-bond donors (Lipinski definition) is 2. The van der Waals surface area contributed by atoms with Crippen LogP contribution in [-0.4, -0.2) is 24.8 Å². The largest absolute Gasteiger partial charge is 0.376 e. The van der Waals surface area contributed by atoms with E-state index in [-0.39, 0.29) is 11.6 Å². The molecule has 94 valence electrons. The molecular formula is C12H16BrClN2O. The molecule has 1 fully saturated rings. The first kappa shape index (κ1) is 13.1. The molecule has 2 atom stereocenters. The average Bonchev–Trinajstić information content (AvgIpc) is 2.66. The molecule has 1 aromatic rings. The summed E-state index contributed by atoms with van der Waals surface area (Å²) in [6, 6.07) is 5.81. The number of nitrogens with one attached hydrogen (secondary N) is 1. The molecule has 5 heteroatoms. The first-order chi connectivity index (χ1) is 8.07. The van der Waals surface area contributed by atoms with Crippen molar-refractivity contribution in [1.29, 1.82) is 0 Å². The van der Waals surface area contributed by atoms with Crippen molar-refractivity contribution in [1.82, 2.24) is 0 Å². The molecule has 1 aliphatic rings. The fraction of sp³-hybridized carbons (Fsp3) is 0.500. The highest BCUT2D eigenvalue weighted by molar-refractivity contribution is 9.10. The Morgan fingerprint density at radius 1 is 1.65 bits per heavy atom. The predicted octanol–water partition coefficient (Wildman–Crippen LogP) is 3.02. The van der Waals surface area contributed by atoms with Gasteiger partial charge in [0.2, 0.25) is 0 Å². The Morgan fingerprint density at radius 3 is 2.94 bits per heavy atom. The molecule has 3 N–H and O–H groups in total. The van der Waals surface area contributed by atoms with Crippen LogP contribution in [0.4, 0.5) is 5.69 Å². The van der Waals surface area contributed by atoms with Gasteiger partial charge in [-0.05, 0) is 47.5 Å². The summed E-state index contributed by atoms with van der Waals surface area (Å²) in [6.07, 6.45) is 1.02. The molecule has 2 rings (SSSR count). The minimum absolute atomic E-state index is 0.106. The Morgan fingerprint density at radius 2 is 2.41 bits per heavy atom. The van der Waals surface area contributed by atoms with Gasteiger partial charge in [-0.3, -0.25) is 0 Å². The number of benzene rings is 1. The van der Waals surface area contributed by atoms with Gasteiger partial charge in [0.15, 0.2) is 0 Å². The first-order valence-electron chi connectivity index (χ1n) is 5.62. The van der Waals surface area contributed by atoms with Gasteiger partial charge in [-0.2, -0.15) is 0 Å². The maximum absolute atomic E-state index is 6.07. The van der Waals surface area contributed by atoms with E-state index in [4.69, 9.17) is 22.1 Å². The van der Waals surface area contributed by atoms with E-state index in [1.807, 2.05) is 25.1 Å². The van der Waals surface area contributed by atoms with E-state index in [9.17, 15) is 0 Å². The normalized spacial score (nSPS) is 28.4. The van der Waals surface area contributed by atoms with Crippen molar-refractivity contribution in [3.05, 3.63) is 27.7 Å². The summed E-state index contributed by atoms with van der Waals surface area (Å²) in [5.41, 5.74) is 6.68. The average molecular weight is 320 g/mol. The van der Waals surface area contributed by atoms with Crippen molar-refractivity contribution >= 4 is 33.2 Å². The summed E-state index contributed by atoms with van der Waals surface area (Å²) >= 11 is 9.45. The molecule has 1 saturated heterocycles. The molecule has 0 aliphatic carbocycles. The minimum Gasteiger partial charge on any atom is -0.376 e. The summed E-state index contributed by atoms with van der Waals surface area (Å²) in [5, 5.41) is 4.16. The molecule has 0 saturated carbocycles. The van der Waals surface area contributed by atoms with Crippen LogP contribution in [0.5, 0.6) is 0 Å². The number of hydrogen-bond acceptors (Lipinski definition) is 3. The van der Waals surface area contributed by atoms with Crippen molar-refractivity contribution in [3.63, 3.8) is 0 Å². The van der Waals surface area contributed by atoms with E-state index in [1.165, 1.54) is 0 Å². The minimum atomic E-state index is -0.183. The lowest BCUT2D eigenvalue weighted by atomic mass is 9.91. The summed E-state index contributed by atoms with van der Waals surface area (Å²) < 4.78 is 6.49. The third kappa shape index (κ3) is 2.60. The van der Waals surface area contributed by atoms with Gasteiger partial charge in [-0.1, -0.05) is 11.6 Å². The van der Waals surface area contributed by atoms with Gasteiger partial charge in [0.25, 0.3) is 0 Å². The highest BCUT2D eigenvalue weighted by Gasteiger charge is 2.40. The number of ether oxygens (including phenoxy) is 1. The van der Waals surface area contributed by atoms with Gasteiger partial charge in [0, 0.05) is 23.3 Å². The third-order valence-corrected chi connectivity index (χ3v) is 4.60. The second-order valence-corrected chi connectivity index (χ2v) is 5.64. The lowest BCUT2D eigenvalue weighted by molar-refractivity contribution is 0.103. The second kappa shape index (κ2) is 5.14. The van der Waals surface area contributed by atoms with E-state index >= 15 is 0 Å².